The van der Waals surface area contributed by atoms with Gasteiger partial charge >= 0.3 is 5.82 Å². The van der Waals surface area contributed by atoms with E-state index in [1.165, 1.54) is 18.2 Å². The summed E-state index contributed by atoms with van der Waals surface area (Å²) in [6, 6.07) is 7.33. The van der Waals surface area contributed by atoms with Gasteiger partial charge in [0.15, 0.2) is 11.4 Å². The van der Waals surface area contributed by atoms with E-state index in [1.54, 1.807) is 12.3 Å². The lowest BCUT2D eigenvalue weighted by Gasteiger charge is -2.35. The highest BCUT2D eigenvalue weighted by molar-refractivity contribution is 5.64. The molecule has 1 aromatic carbocycles. The highest BCUT2D eigenvalue weighted by Gasteiger charge is 2.66. The van der Waals surface area contributed by atoms with Gasteiger partial charge in [0, 0.05) is 0 Å². The molecule has 1 fully saturated rings. The molecule has 0 radical (unpaired) electrons. The number of rotatable bonds is 2. The summed E-state index contributed by atoms with van der Waals surface area (Å²) >= 11 is 0. The molecule has 6 nitrogen and oxygen atoms in total. The van der Waals surface area contributed by atoms with Gasteiger partial charge in [-0.05, 0) is 47.9 Å². The van der Waals surface area contributed by atoms with Gasteiger partial charge in [-0.15, -0.1) is 10.1 Å². The van der Waals surface area contributed by atoms with Gasteiger partial charge in [0.25, 0.3) is 0 Å². The second kappa shape index (κ2) is 6.36. The summed E-state index contributed by atoms with van der Waals surface area (Å²) in [6.07, 6.45) is 3.11. The normalized spacial score (nSPS) is 22.6. The molecular formula is C23H16F2N6. The maximum atomic E-state index is 14.3. The van der Waals surface area contributed by atoms with Crippen LogP contribution in [0.2, 0.25) is 0 Å². The minimum absolute atomic E-state index is 0.0165. The topological polar surface area (TPSA) is 79.7 Å². The molecule has 0 N–H and O–H groups in total. The lowest BCUT2D eigenvalue weighted by molar-refractivity contribution is 0.242. The predicted molar refractivity (Wildman–Crippen MR) is 107 cm³/mol. The first-order valence-electron chi connectivity index (χ1n) is 9.82. The maximum absolute atomic E-state index is 14.3. The van der Waals surface area contributed by atoms with Crippen LogP contribution in [0.5, 0.6) is 0 Å². The Bertz CT molecular complexity index is 1320. The van der Waals surface area contributed by atoms with Gasteiger partial charge in [-0.2, -0.15) is 10.4 Å². The highest BCUT2D eigenvalue weighted by Crippen LogP contribution is 2.69. The van der Waals surface area contributed by atoms with Gasteiger partial charge < -0.3 is 4.85 Å². The number of hydrogen-bond acceptors (Lipinski definition) is 5. The zero-order chi connectivity index (χ0) is 22.0. The third-order valence-electron chi connectivity index (χ3n) is 7.00. The molecule has 2 atom stereocenters. The van der Waals surface area contributed by atoms with Crippen LogP contribution in [0.15, 0.2) is 30.5 Å². The lowest BCUT2D eigenvalue weighted by atomic mass is 9.66. The second-order valence-corrected chi connectivity index (χ2v) is 8.50. The Morgan fingerprint density at radius 1 is 1.23 bits per heavy atom. The lowest BCUT2D eigenvalue weighted by Crippen LogP contribution is -2.38. The smallest absolute Gasteiger partial charge is 0.306 e. The molecule has 5 rings (SSSR count). The van der Waals surface area contributed by atoms with Crippen LogP contribution in [0.4, 0.5) is 14.6 Å². The van der Waals surface area contributed by atoms with E-state index in [-0.39, 0.29) is 34.1 Å². The maximum Gasteiger partial charge on any atom is 0.306 e. The van der Waals surface area contributed by atoms with Crippen LogP contribution >= 0.6 is 0 Å². The Morgan fingerprint density at radius 2 is 1.97 bits per heavy atom. The second-order valence-electron chi connectivity index (χ2n) is 8.50. The number of hydrogen-bond donors (Lipinski definition) is 0. The zero-order valence-corrected chi connectivity index (χ0v) is 16.8. The average Bonchev–Trinajstić information content (AvgIpc) is 3.14. The molecule has 31 heavy (non-hydrogen) atoms. The van der Waals surface area contributed by atoms with E-state index >= 15 is 0 Å². The van der Waals surface area contributed by atoms with Crippen LogP contribution in [-0.2, 0) is 5.41 Å². The Hall–Kier alpha value is -3.78. The van der Waals surface area contributed by atoms with E-state index in [2.05, 4.69) is 38.9 Å². The van der Waals surface area contributed by atoms with E-state index in [1.807, 2.05) is 6.07 Å². The molecule has 3 aromatic rings. The van der Waals surface area contributed by atoms with Crippen molar-refractivity contribution in [2.45, 2.75) is 38.0 Å². The number of fused-ring (bicyclic) bond motifs is 5. The van der Waals surface area contributed by atoms with Crippen molar-refractivity contribution in [2.24, 2.45) is 5.41 Å². The molecule has 0 aliphatic heterocycles. The van der Waals surface area contributed by atoms with Crippen molar-refractivity contribution >= 4 is 5.82 Å². The predicted octanol–water partition coefficient (Wildman–Crippen LogP) is 4.84. The quantitative estimate of drug-likeness (QED) is 0.561. The number of aromatic nitrogens is 4. The van der Waals surface area contributed by atoms with E-state index in [4.69, 9.17) is 6.57 Å². The van der Waals surface area contributed by atoms with Gasteiger partial charge in [-0.1, -0.05) is 26.5 Å². The Kier molecular flexibility index (Phi) is 3.94. The van der Waals surface area contributed by atoms with Crippen molar-refractivity contribution in [1.29, 1.82) is 5.26 Å². The largest absolute Gasteiger partial charge is 0.358 e. The number of halogens is 2. The summed E-state index contributed by atoms with van der Waals surface area (Å²) in [7, 11) is 0. The van der Waals surface area contributed by atoms with Gasteiger partial charge in [0.05, 0.1) is 28.6 Å². The monoisotopic (exact) mass is 414 g/mol. The molecule has 0 spiro atoms. The molecule has 152 valence electrons. The van der Waals surface area contributed by atoms with Crippen molar-refractivity contribution in [1.82, 2.24) is 20.2 Å². The number of benzene rings is 1. The van der Waals surface area contributed by atoms with Crippen molar-refractivity contribution < 1.29 is 8.78 Å². The van der Waals surface area contributed by atoms with Gasteiger partial charge in [-0.25, -0.2) is 8.78 Å². The van der Waals surface area contributed by atoms with Crippen molar-refractivity contribution in [3.05, 3.63) is 76.2 Å². The van der Waals surface area contributed by atoms with Gasteiger partial charge in [0.1, 0.15) is 17.7 Å². The SMILES string of the molecule is [C-]#[N+]c1nc([C@]23CC[C@@H](c4cc(-c5c(F)cccc5F)nnc42)C3(C)C)cnc1C#N. The Balaban J connectivity index is 1.73. The third-order valence-corrected chi connectivity index (χ3v) is 7.00. The van der Waals surface area contributed by atoms with Crippen molar-refractivity contribution in [2.75, 3.05) is 0 Å². The molecular weight excluding hydrogens is 398 g/mol. The van der Waals surface area contributed by atoms with Crippen LogP contribution in [0.3, 0.4) is 0 Å². The van der Waals surface area contributed by atoms with Gasteiger partial charge in [-0.3, -0.25) is 4.98 Å². The molecule has 2 aliphatic rings. The van der Waals surface area contributed by atoms with Crippen LogP contribution in [0.1, 0.15) is 55.3 Å². The van der Waals surface area contributed by atoms with Gasteiger partial charge in [0.2, 0.25) is 0 Å². The van der Waals surface area contributed by atoms with E-state index in [9.17, 15) is 14.0 Å². The summed E-state index contributed by atoms with van der Waals surface area (Å²) in [4.78, 5) is 12.0. The summed E-state index contributed by atoms with van der Waals surface area (Å²) in [5.41, 5.74) is 1.12. The first-order chi connectivity index (χ1) is 14.8. The number of nitriles is 1. The zero-order valence-electron chi connectivity index (χ0n) is 16.8. The molecule has 0 saturated heterocycles. The first kappa shape index (κ1) is 19.2. The summed E-state index contributed by atoms with van der Waals surface area (Å²) in [5.74, 6) is -1.34. The molecule has 1 saturated carbocycles. The molecule has 2 aromatic heterocycles. The molecule has 2 bridgehead atoms. The Labute approximate surface area is 177 Å². The first-order valence-corrected chi connectivity index (χ1v) is 9.82. The van der Waals surface area contributed by atoms with Crippen LogP contribution in [0.25, 0.3) is 16.1 Å². The molecule has 0 amide bonds. The number of nitrogens with zero attached hydrogens (tertiary/aromatic N) is 6. The minimum Gasteiger partial charge on any atom is -0.358 e. The summed E-state index contributed by atoms with van der Waals surface area (Å²) in [5, 5.41) is 17.8. The molecule has 2 aliphatic carbocycles. The Morgan fingerprint density at radius 3 is 2.65 bits per heavy atom. The third kappa shape index (κ3) is 2.33. The fourth-order valence-electron chi connectivity index (χ4n) is 5.50. The van der Waals surface area contributed by atoms with Crippen LogP contribution in [-0.4, -0.2) is 20.2 Å². The minimum atomic E-state index is -0.689. The van der Waals surface area contributed by atoms with E-state index in [0.717, 1.165) is 18.4 Å². The van der Waals surface area contributed by atoms with Crippen LogP contribution < -0.4 is 0 Å². The highest BCUT2D eigenvalue weighted by atomic mass is 19.1. The average molecular weight is 414 g/mol. The summed E-state index contributed by atoms with van der Waals surface area (Å²) < 4.78 is 28.7. The summed E-state index contributed by atoms with van der Waals surface area (Å²) in [6.45, 7) is 11.6. The van der Waals surface area contributed by atoms with Crippen molar-refractivity contribution in [3.63, 3.8) is 0 Å². The molecule has 8 heteroatoms. The van der Waals surface area contributed by atoms with Crippen molar-refractivity contribution in [3.8, 4) is 17.3 Å². The molecule has 2 heterocycles. The molecule has 0 unspecified atom stereocenters. The van der Waals surface area contributed by atoms with Crippen LogP contribution in [0, 0.1) is 35.0 Å². The van der Waals surface area contributed by atoms with E-state index < -0.39 is 17.0 Å². The van der Waals surface area contributed by atoms with E-state index in [0.29, 0.717) is 11.4 Å². The standard InChI is InChI=1S/C23H16F2N6/c1-22(2)13-7-8-23(22,18-11-28-17(10-26)21(27-3)29-18)20-12(13)9-16(30-31-20)19-14(24)5-4-6-15(19)25/h4-6,9,11,13H,7-8H2,1-2H3/t13-,23+/m0/s1. The fraction of sp³-hybridized carbons (Fsp3) is 0.304. The fourth-order valence-corrected chi connectivity index (χ4v) is 5.50.